The van der Waals surface area contributed by atoms with E-state index in [1.54, 1.807) is 24.1 Å². The van der Waals surface area contributed by atoms with Crippen molar-refractivity contribution in [2.24, 2.45) is 0 Å². The summed E-state index contributed by atoms with van der Waals surface area (Å²) in [6, 6.07) is 3.70. The number of hydrogen-bond acceptors (Lipinski definition) is 3. The van der Waals surface area contributed by atoms with Crippen LogP contribution in [0.3, 0.4) is 0 Å². The summed E-state index contributed by atoms with van der Waals surface area (Å²) in [7, 11) is 1.60. The molecule has 2 rings (SSSR count). The van der Waals surface area contributed by atoms with Crippen LogP contribution in [0.15, 0.2) is 18.3 Å². The van der Waals surface area contributed by atoms with Crippen LogP contribution in [-0.2, 0) is 0 Å². The monoisotopic (exact) mass is 251 g/mol. The molecule has 0 aliphatic heterocycles. The molecule has 17 heavy (non-hydrogen) atoms. The highest BCUT2D eigenvalue weighted by atomic mass is 35.5. The van der Waals surface area contributed by atoms with Crippen LogP contribution < -0.4 is 10.5 Å². The van der Waals surface area contributed by atoms with Crippen molar-refractivity contribution < 1.29 is 4.74 Å². The van der Waals surface area contributed by atoms with Gasteiger partial charge in [0, 0.05) is 11.1 Å². The zero-order valence-corrected chi connectivity index (χ0v) is 10.7. The number of halogens is 1. The Morgan fingerprint density at radius 3 is 2.59 bits per heavy atom. The number of aromatic nitrogens is 2. The van der Waals surface area contributed by atoms with Gasteiger partial charge in [0.2, 0.25) is 0 Å². The fraction of sp³-hybridized carbons (Fsp3) is 0.250. The van der Waals surface area contributed by atoms with E-state index in [0.717, 1.165) is 16.9 Å². The van der Waals surface area contributed by atoms with Crippen LogP contribution in [0.2, 0.25) is 5.02 Å². The van der Waals surface area contributed by atoms with Gasteiger partial charge < -0.3 is 10.5 Å². The zero-order valence-electron chi connectivity index (χ0n) is 9.99. The summed E-state index contributed by atoms with van der Waals surface area (Å²) in [6.07, 6.45) is 1.76. The van der Waals surface area contributed by atoms with E-state index in [0.29, 0.717) is 16.5 Å². The number of ether oxygens (including phenoxy) is 1. The van der Waals surface area contributed by atoms with Crippen molar-refractivity contribution in [3.8, 4) is 11.4 Å². The standard InChI is InChI=1S/C12H14ClN3O/c1-7-4-11(12(17-3)5-9(7)13)16-6-10(14)8(2)15-16/h4-6H,14H2,1-3H3. The van der Waals surface area contributed by atoms with E-state index in [-0.39, 0.29) is 0 Å². The Morgan fingerprint density at radius 2 is 2.06 bits per heavy atom. The average molecular weight is 252 g/mol. The lowest BCUT2D eigenvalue weighted by Crippen LogP contribution is -2.00. The molecule has 0 saturated heterocycles. The maximum absolute atomic E-state index is 6.05. The van der Waals surface area contributed by atoms with Gasteiger partial charge in [0.15, 0.2) is 0 Å². The molecular formula is C12H14ClN3O. The number of nitrogens with two attached hydrogens (primary N) is 1. The summed E-state index contributed by atoms with van der Waals surface area (Å²) in [5.41, 5.74) is 9.03. The zero-order chi connectivity index (χ0) is 12.6. The molecule has 2 N–H and O–H groups in total. The SMILES string of the molecule is COc1cc(Cl)c(C)cc1-n1cc(N)c(C)n1. The molecule has 0 amide bonds. The topological polar surface area (TPSA) is 53.1 Å². The second kappa shape index (κ2) is 4.30. The van der Waals surface area contributed by atoms with E-state index in [1.165, 1.54) is 0 Å². The molecule has 4 nitrogen and oxygen atoms in total. The van der Waals surface area contributed by atoms with Crippen LogP contribution in [0.4, 0.5) is 5.69 Å². The fourth-order valence-corrected chi connectivity index (χ4v) is 1.74. The van der Waals surface area contributed by atoms with E-state index in [2.05, 4.69) is 5.10 Å². The molecule has 0 aliphatic carbocycles. The average Bonchev–Trinajstić information content (AvgIpc) is 2.62. The minimum Gasteiger partial charge on any atom is -0.494 e. The van der Waals surface area contributed by atoms with Gasteiger partial charge in [-0.15, -0.1) is 0 Å². The van der Waals surface area contributed by atoms with Crippen LogP contribution in [-0.4, -0.2) is 16.9 Å². The molecule has 0 bridgehead atoms. The molecule has 0 aliphatic rings. The minimum absolute atomic E-state index is 0.652. The fourth-order valence-electron chi connectivity index (χ4n) is 1.59. The van der Waals surface area contributed by atoms with Gasteiger partial charge in [-0.2, -0.15) is 5.10 Å². The van der Waals surface area contributed by atoms with E-state index in [1.807, 2.05) is 19.9 Å². The molecule has 5 heteroatoms. The van der Waals surface area contributed by atoms with E-state index >= 15 is 0 Å². The van der Waals surface area contributed by atoms with E-state index in [9.17, 15) is 0 Å². The quantitative estimate of drug-likeness (QED) is 0.893. The van der Waals surface area contributed by atoms with Crippen LogP contribution in [0.1, 0.15) is 11.3 Å². The van der Waals surface area contributed by atoms with Gasteiger partial charge >= 0.3 is 0 Å². The summed E-state index contributed by atoms with van der Waals surface area (Å²) in [5.74, 6) is 0.670. The first-order valence-corrected chi connectivity index (χ1v) is 5.57. The van der Waals surface area contributed by atoms with Crippen molar-refractivity contribution in [3.63, 3.8) is 0 Å². The largest absolute Gasteiger partial charge is 0.494 e. The van der Waals surface area contributed by atoms with Gasteiger partial charge in [0.05, 0.1) is 24.7 Å². The summed E-state index contributed by atoms with van der Waals surface area (Å²) in [6.45, 7) is 3.80. The number of methoxy groups -OCH3 is 1. The Bertz CT molecular complexity index is 544. The van der Waals surface area contributed by atoms with Gasteiger partial charge in [-0.05, 0) is 25.5 Å². The third kappa shape index (κ3) is 2.08. The Hall–Kier alpha value is -1.68. The second-order valence-electron chi connectivity index (χ2n) is 3.89. The highest BCUT2D eigenvalue weighted by Crippen LogP contribution is 2.30. The number of nitrogens with zero attached hydrogens (tertiary/aromatic N) is 2. The third-order valence-corrected chi connectivity index (χ3v) is 3.05. The molecular weight excluding hydrogens is 238 g/mol. The molecule has 0 atom stereocenters. The smallest absolute Gasteiger partial charge is 0.146 e. The third-order valence-electron chi connectivity index (χ3n) is 2.64. The molecule has 90 valence electrons. The molecule has 2 aromatic rings. The molecule has 1 aromatic carbocycles. The molecule has 1 aromatic heterocycles. The van der Waals surface area contributed by atoms with Crippen molar-refractivity contribution in [1.82, 2.24) is 9.78 Å². The minimum atomic E-state index is 0.652. The Kier molecular flexibility index (Phi) is 2.98. The molecule has 1 heterocycles. The lowest BCUT2D eigenvalue weighted by molar-refractivity contribution is 0.411. The maximum atomic E-state index is 6.05. The van der Waals surface area contributed by atoms with Crippen molar-refractivity contribution in [2.45, 2.75) is 13.8 Å². The number of anilines is 1. The summed E-state index contributed by atoms with van der Waals surface area (Å²) < 4.78 is 7.00. The Balaban J connectivity index is 2.61. The molecule has 0 unspecified atom stereocenters. The maximum Gasteiger partial charge on any atom is 0.146 e. The molecule has 0 fully saturated rings. The number of nitrogen functional groups attached to an aromatic ring is 1. The van der Waals surface area contributed by atoms with Gasteiger partial charge in [0.25, 0.3) is 0 Å². The van der Waals surface area contributed by atoms with Crippen LogP contribution >= 0.6 is 11.6 Å². The first-order valence-electron chi connectivity index (χ1n) is 5.19. The highest BCUT2D eigenvalue weighted by Gasteiger charge is 2.11. The summed E-state index contributed by atoms with van der Waals surface area (Å²) >= 11 is 6.05. The normalized spacial score (nSPS) is 10.6. The van der Waals surface area contributed by atoms with Crippen LogP contribution in [0.25, 0.3) is 5.69 Å². The first-order chi connectivity index (χ1) is 8.02. The predicted molar refractivity (Wildman–Crippen MR) is 69.0 cm³/mol. The van der Waals surface area contributed by atoms with E-state index < -0.39 is 0 Å². The van der Waals surface area contributed by atoms with Crippen LogP contribution in [0, 0.1) is 13.8 Å². The number of benzene rings is 1. The summed E-state index contributed by atoms with van der Waals surface area (Å²) in [5, 5.41) is 5.00. The molecule has 0 saturated carbocycles. The van der Waals surface area contributed by atoms with Crippen molar-refractivity contribution >= 4 is 17.3 Å². The number of aryl methyl sites for hydroxylation is 2. The van der Waals surface area contributed by atoms with Crippen molar-refractivity contribution in [2.75, 3.05) is 12.8 Å². The van der Waals surface area contributed by atoms with Crippen molar-refractivity contribution in [3.05, 3.63) is 34.6 Å². The number of hydrogen-bond donors (Lipinski definition) is 1. The van der Waals surface area contributed by atoms with Gasteiger partial charge in [0.1, 0.15) is 11.4 Å². The van der Waals surface area contributed by atoms with Gasteiger partial charge in [-0.3, -0.25) is 0 Å². The second-order valence-corrected chi connectivity index (χ2v) is 4.29. The van der Waals surface area contributed by atoms with Gasteiger partial charge in [-0.1, -0.05) is 11.6 Å². The molecule has 0 radical (unpaired) electrons. The van der Waals surface area contributed by atoms with Gasteiger partial charge in [-0.25, -0.2) is 4.68 Å². The predicted octanol–water partition coefficient (Wildman–Crippen LogP) is 2.73. The Labute approximate surface area is 105 Å². The van der Waals surface area contributed by atoms with Crippen LogP contribution in [0.5, 0.6) is 5.75 Å². The van der Waals surface area contributed by atoms with Crippen molar-refractivity contribution in [1.29, 1.82) is 0 Å². The lowest BCUT2D eigenvalue weighted by atomic mass is 10.2. The number of rotatable bonds is 2. The highest BCUT2D eigenvalue weighted by molar-refractivity contribution is 6.31. The first kappa shape index (κ1) is 11.8. The van der Waals surface area contributed by atoms with E-state index in [4.69, 9.17) is 22.1 Å². The lowest BCUT2D eigenvalue weighted by Gasteiger charge is -2.10. The molecule has 0 spiro atoms. The summed E-state index contributed by atoms with van der Waals surface area (Å²) in [4.78, 5) is 0. The Morgan fingerprint density at radius 1 is 1.35 bits per heavy atom.